The van der Waals surface area contributed by atoms with Gasteiger partial charge in [-0.15, -0.1) is 0 Å². The third-order valence-corrected chi connectivity index (χ3v) is 4.17. The van der Waals surface area contributed by atoms with E-state index in [0.717, 1.165) is 37.4 Å². The zero-order chi connectivity index (χ0) is 13.1. The molecule has 0 aromatic heterocycles. The van der Waals surface area contributed by atoms with E-state index in [2.05, 4.69) is 10.1 Å². The Morgan fingerprint density at radius 1 is 1.22 bits per heavy atom. The van der Waals surface area contributed by atoms with Gasteiger partial charge in [-0.2, -0.15) is 0 Å². The number of amides is 1. The Balaban J connectivity index is 1.80. The van der Waals surface area contributed by atoms with Crippen LogP contribution < -0.4 is 5.32 Å². The summed E-state index contributed by atoms with van der Waals surface area (Å²) in [6, 6.07) is -0.712. The molecule has 0 heterocycles. The Morgan fingerprint density at radius 2 is 1.83 bits per heavy atom. The number of thioether (sulfide) groups is 1. The first-order valence-electron chi connectivity index (χ1n) is 6.16. The maximum atomic E-state index is 11.6. The minimum absolute atomic E-state index is 0.0429. The topological polar surface area (TPSA) is 72.5 Å². The van der Waals surface area contributed by atoms with Gasteiger partial charge in [0.15, 0.2) is 5.12 Å². The van der Waals surface area contributed by atoms with Crippen LogP contribution in [0.4, 0.5) is 0 Å². The van der Waals surface area contributed by atoms with Crippen molar-refractivity contribution in [2.24, 2.45) is 11.8 Å². The lowest BCUT2D eigenvalue weighted by atomic mass is 10.3. The molecule has 0 bridgehead atoms. The lowest BCUT2D eigenvalue weighted by Gasteiger charge is -2.15. The SMILES string of the molecule is COC(=O)[C@H](CSC(=O)C1CC1)NC(=O)C1CC1. The van der Waals surface area contributed by atoms with Crippen molar-refractivity contribution in [3.63, 3.8) is 0 Å². The van der Waals surface area contributed by atoms with Crippen LogP contribution in [0.5, 0.6) is 0 Å². The second-order valence-electron chi connectivity index (χ2n) is 4.76. The van der Waals surface area contributed by atoms with Gasteiger partial charge < -0.3 is 10.1 Å². The van der Waals surface area contributed by atoms with Crippen LogP contribution in [-0.4, -0.2) is 35.9 Å². The number of carbonyl (C=O) groups is 3. The van der Waals surface area contributed by atoms with E-state index in [4.69, 9.17) is 0 Å². The van der Waals surface area contributed by atoms with Gasteiger partial charge in [0.1, 0.15) is 6.04 Å². The molecule has 2 aliphatic rings. The van der Waals surface area contributed by atoms with Gasteiger partial charge in [0.2, 0.25) is 5.91 Å². The molecule has 0 aromatic carbocycles. The van der Waals surface area contributed by atoms with Crippen molar-refractivity contribution in [3.05, 3.63) is 0 Å². The molecule has 0 saturated heterocycles. The number of carbonyl (C=O) groups excluding carboxylic acids is 3. The molecular weight excluding hydrogens is 254 g/mol. The molecule has 1 atom stereocenters. The van der Waals surface area contributed by atoms with Crippen molar-refractivity contribution in [2.45, 2.75) is 31.7 Å². The van der Waals surface area contributed by atoms with Gasteiger partial charge >= 0.3 is 5.97 Å². The molecule has 2 aliphatic carbocycles. The summed E-state index contributed by atoms with van der Waals surface area (Å²) < 4.78 is 4.64. The number of hydrogen-bond acceptors (Lipinski definition) is 5. The zero-order valence-corrected chi connectivity index (χ0v) is 11.1. The van der Waals surface area contributed by atoms with Gasteiger partial charge in [-0.3, -0.25) is 9.59 Å². The molecule has 0 aromatic rings. The summed E-state index contributed by atoms with van der Waals surface area (Å²) >= 11 is 1.12. The van der Waals surface area contributed by atoms with E-state index >= 15 is 0 Å². The minimum Gasteiger partial charge on any atom is -0.467 e. The van der Waals surface area contributed by atoms with Gasteiger partial charge in [-0.05, 0) is 25.7 Å². The number of nitrogens with one attached hydrogen (secondary N) is 1. The van der Waals surface area contributed by atoms with Crippen LogP contribution in [0.25, 0.3) is 0 Å². The maximum absolute atomic E-state index is 11.6. The molecule has 2 rings (SSSR count). The first-order chi connectivity index (χ1) is 8.61. The van der Waals surface area contributed by atoms with E-state index in [9.17, 15) is 14.4 Å². The van der Waals surface area contributed by atoms with E-state index in [1.54, 1.807) is 0 Å². The van der Waals surface area contributed by atoms with Crippen LogP contribution in [0.3, 0.4) is 0 Å². The van der Waals surface area contributed by atoms with Gasteiger partial charge in [0.05, 0.1) is 7.11 Å². The first-order valence-corrected chi connectivity index (χ1v) is 7.15. The summed E-state index contributed by atoms with van der Waals surface area (Å²) in [7, 11) is 1.28. The van der Waals surface area contributed by atoms with Crippen molar-refractivity contribution < 1.29 is 19.1 Å². The molecule has 6 heteroatoms. The maximum Gasteiger partial charge on any atom is 0.329 e. The van der Waals surface area contributed by atoms with Crippen LogP contribution in [-0.2, 0) is 19.1 Å². The van der Waals surface area contributed by atoms with Crippen molar-refractivity contribution in [3.8, 4) is 0 Å². The van der Waals surface area contributed by atoms with Gasteiger partial charge in [-0.25, -0.2) is 4.79 Å². The number of hydrogen-bond donors (Lipinski definition) is 1. The highest BCUT2D eigenvalue weighted by Crippen LogP contribution is 2.34. The molecule has 100 valence electrons. The Bertz CT molecular complexity index is 363. The van der Waals surface area contributed by atoms with E-state index in [1.807, 2.05) is 0 Å². The molecule has 0 unspecified atom stereocenters. The normalized spacial score (nSPS) is 20.1. The molecule has 0 aliphatic heterocycles. The van der Waals surface area contributed by atoms with Crippen molar-refractivity contribution in [2.75, 3.05) is 12.9 Å². The van der Waals surface area contributed by atoms with E-state index in [-0.39, 0.29) is 28.6 Å². The molecule has 2 fully saturated rings. The zero-order valence-electron chi connectivity index (χ0n) is 10.3. The summed E-state index contributed by atoms with van der Waals surface area (Å²) in [5, 5.41) is 2.77. The molecular formula is C12H17NO4S. The predicted octanol–water partition coefficient (Wildman–Crippen LogP) is 0.724. The molecule has 0 spiro atoms. The number of esters is 1. The number of methoxy groups -OCH3 is 1. The second kappa shape index (κ2) is 5.73. The van der Waals surface area contributed by atoms with Crippen molar-refractivity contribution in [1.82, 2.24) is 5.32 Å². The van der Waals surface area contributed by atoms with Crippen LogP contribution in [0.2, 0.25) is 0 Å². The van der Waals surface area contributed by atoms with E-state index < -0.39 is 12.0 Å². The van der Waals surface area contributed by atoms with Crippen LogP contribution in [0, 0.1) is 11.8 Å². The van der Waals surface area contributed by atoms with Crippen LogP contribution in [0.1, 0.15) is 25.7 Å². The van der Waals surface area contributed by atoms with E-state index in [0.29, 0.717) is 0 Å². The van der Waals surface area contributed by atoms with Gasteiger partial charge in [0.25, 0.3) is 0 Å². The monoisotopic (exact) mass is 271 g/mol. The molecule has 0 radical (unpaired) electrons. The fraction of sp³-hybridized carbons (Fsp3) is 0.750. The highest BCUT2D eigenvalue weighted by molar-refractivity contribution is 8.13. The molecule has 2 saturated carbocycles. The number of rotatable bonds is 6. The number of ether oxygens (including phenoxy) is 1. The van der Waals surface area contributed by atoms with Crippen LogP contribution in [0.15, 0.2) is 0 Å². The van der Waals surface area contributed by atoms with Crippen molar-refractivity contribution >= 4 is 28.8 Å². The minimum atomic E-state index is -0.712. The molecule has 1 amide bonds. The third kappa shape index (κ3) is 3.73. The highest BCUT2D eigenvalue weighted by atomic mass is 32.2. The lowest BCUT2D eigenvalue weighted by molar-refractivity contribution is -0.144. The largest absolute Gasteiger partial charge is 0.467 e. The standard InChI is InChI=1S/C12H17NO4S/c1-17-11(15)9(13-10(14)7-2-3-7)6-18-12(16)8-4-5-8/h7-9H,2-6H2,1H3,(H,13,14)/t9-/m0/s1. The Morgan fingerprint density at radius 3 is 2.33 bits per heavy atom. The average molecular weight is 271 g/mol. The summed E-state index contributed by atoms with van der Waals surface area (Å²) in [6.07, 6.45) is 3.66. The highest BCUT2D eigenvalue weighted by Gasteiger charge is 2.34. The molecule has 18 heavy (non-hydrogen) atoms. The third-order valence-electron chi connectivity index (χ3n) is 3.05. The Kier molecular flexibility index (Phi) is 4.27. The van der Waals surface area contributed by atoms with Crippen LogP contribution >= 0.6 is 11.8 Å². The molecule has 1 N–H and O–H groups in total. The quantitative estimate of drug-likeness (QED) is 0.721. The predicted molar refractivity (Wildman–Crippen MR) is 66.9 cm³/mol. The summed E-state index contributed by atoms with van der Waals surface area (Å²) in [5.74, 6) is -0.126. The van der Waals surface area contributed by atoms with Gasteiger partial charge in [0, 0.05) is 17.6 Å². The summed E-state index contributed by atoms with van der Waals surface area (Å²) in [6.45, 7) is 0. The fourth-order valence-electron chi connectivity index (χ4n) is 1.55. The Hall–Kier alpha value is -1.04. The fourth-order valence-corrected chi connectivity index (χ4v) is 2.57. The smallest absolute Gasteiger partial charge is 0.329 e. The molecule has 5 nitrogen and oxygen atoms in total. The average Bonchev–Trinajstić information content (AvgIpc) is 3.20. The second-order valence-corrected chi connectivity index (χ2v) is 5.79. The lowest BCUT2D eigenvalue weighted by Crippen LogP contribution is -2.44. The van der Waals surface area contributed by atoms with Crippen molar-refractivity contribution in [1.29, 1.82) is 0 Å². The van der Waals surface area contributed by atoms with E-state index in [1.165, 1.54) is 7.11 Å². The Labute approximate surface area is 110 Å². The first kappa shape index (κ1) is 13.4. The van der Waals surface area contributed by atoms with Gasteiger partial charge in [-0.1, -0.05) is 11.8 Å². The summed E-state index contributed by atoms with van der Waals surface area (Å²) in [5.41, 5.74) is 0. The summed E-state index contributed by atoms with van der Waals surface area (Å²) in [4.78, 5) is 34.7.